The zero-order chi connectivity index (χ0) is 61.6. The Morgan fingerprint density at radius 1 is 0.420 bits per heavy atom. The van der Waals surface area contributed by atoms with Gasteiger partial charge in [0.15, 0.2) is 0 Å². The van der Waals surface area contributed by atoms with Crippen LogP contribution in [0.4, 0.5) is 0 Å². The van der Waals surface area contributed by atoms with Crippen molar-refractivity contribution in [1.82, 2.24) is 21.3 Å². The van der Waals surface area contributed by atoms with Crippen molar-refractivity contribution in [1.29, 1.82) is 0 Å². The molecule has 37 nitrogen and oxygen atoms in total. The number of hydrogen-bond donors (Lipinski definition) is 22. The number of aliphatic carboxylic acids is 4. The smallest absolute Gasteiger partial charge is 0.364 e. The predicted molar refractivity (Wildman–Crippen MR) is 249 cm³/mol. The highest BCUT2D eigenvalue weighted by atomic mass is 16.8. The van der Waals surface area contributed by atoms with E-state index in [4.69, 9.17) is 33.2 Å². The largest absolute Gasteiger partial charge is 0.477 e. The molecule has 0 saturated carbocycles. The van der Waals surface area contributed by atoms with E-state index in [1.165, 1.54) is 0 Å². The molecule has 0 radical (unpaired) electrons. The Morgan fingerprint density at radius 2 is 0.654 bits per heavy atom. The fourth-order valence-electron chi connectivity index (χ4n) is 9.60. The first-order valence-electron chi connectivity index (χ1n) is 24.6. The van der Waals surface area contributed by atoms with E-state index in [1.807, 2.05) is 0 Å². The summed E-state index contributed by atoms with van der Waals surface area (Å²) < 4.78 is 37.8. The summed E-state index contributed by atoms with van der Waals surface area (Å²) >= 11 is 0. The maximum absolute atomic E-state index is 13.0. The number of carbonyl (C=O) groups excluding carboxylic acids is 4. The maximum Gasteiger partial charge on any atom is 0.364 e. The van der Waals surface area contributed by atoms with E-state index in [-0.39, 0.29) is 0 Å². The summed E-state index contributed by atoms with van der Waals surface area (Å²) in [6.45, 7) is -1.76. The fourth-order valence-corrected chi connectivity index (χ4v) is 9.60. The summed E-state index contributed by atoms with van der Waals surface area (Å²) in [7, 11) is 0. The minimum atomic E-state index is -3.30. The van der Waals surface area contributed by atoms with Gasteiger partial charge in [-0.15, -0.1) is 0 Å². The van der Waals surface area contributed by atoms with Crippen molar-refractivity contribution in [2.24, 2.45) is 0 Å². The van der Waals surface area contributed by atoms with Crippen molar-refractivity contribution in [2.45, 2.75) is 198 Å². The van der Waals surface area contributed by atoms with E-state index in [0.29, 0.717) is 0 Å². The second-order valence-electron chi connectivity index (χ2n) is 19.9. The SMILES string of the molecule is CC(=O)N[C@H]1[C@H]([C@H](O)[C@H](O)CO[C@]2(C(=O)O)C[C@H](O)[C@@H](NC(C)=O)[C@H]([C@H](O)[C@H](O)CO[C@]3(C(=O)O)C[C@H](O)[C@@H](NC(C)=O)[C@H]([C@H](O)[C@H](O)CO[C@]4(C(=O)O)C[C@H](O)[C@@H](NC(C)=O)[C@H]([C@H](O)[C@H](O)CO)O4)O3)O2)OC(O)(C(=O)O)C[C@@H]1O. The summed E-state index contributed by atoms with van der Waals surface area (Å²) in [6, 6.07) is -7.20. The Morgan fingerprint density at radius 3 is 0.877 bits per heavy atom. The number of amides is 4. The molecular formula is C44H70N4O33. The van der Waals surface area contributed by atoms with Crippen LogP contribution in [-0.2, 0) is 71.5 Å². The van der Waals surface area contributed by atoms with E-state index in [0.717, 1.165) is 27.7 Å². The van der Waals surface area contributed by atoms with Gasteiger partial charge in [0.2, 0.25) is 23.6 Å². The number of aliphatic hydroxyl groups excluding tert-OH is 13. The lowest BCUT2D eigenvalue weighted by Gasteiger charge is -2.48. The van der Waals surface area contributed by atoms with Gasteiger partial charge < -0.3 is 146 Å². The molecule has 4 aliphatic heterocycles. The Kier molecular flexibility index (Phi) is 23.3. The van der Waals surface area contributed by atoms with Crippen molar-refractivity contribution < 1.29 is 163 Å². The number of nitrogens with one attached hydrogen (secondary N) is 4. The molecule has 4 rings (SSSR count). The predicted octanol–water partition coefficient (Wildman–Crippen LogP) is -12.4. The maximum atomic E-state index is 13.0. The van der Waals surface area contributed by atoms with E-state index in [9.17, 15) is 130 Å². The van der Waals surface area contributed by atoms with Crippen molar-refractivity contribution >= 4 is 47.5 Å². The zero-order valence-electron chi connectivity index (χ0n) is 43.4. The van der Waals surface area contributed by atoms with Gasteiger partial charge in [0, 0.05) is 53.4 Å². The minimum absolute atomic E-state index is 0.841. The second kappa shape index (κ2) is 27.5. The van der Waals surface area contributed by atoms with Crippen LogP contribution in [0.15, 0.2) is 0 Å². The molecule has 0 aliphatic carbocycles. The molecule has 22 N–H and O–H groups in total. The van der Waals surface area contributed by atoms with Gasteiger partial charge in [0.05, 0.1) is 75.0 Å². The van der Waals surface area contributed by atoms with Crippen LogP contribution >= 0.6 is 0 Å². The van der Waals surface area contributed by atoms with Crippen LogP contribution in [0.5, 0.6) is 0 Å². The highest BCUT2D eigenvalue weighted by Gasteiger charge is 2.61. The van der Waals surface area contributed by atoms with Crippen molar-refractivity contribution in [3.63, 3.8) is 0 Å². The molecule has 0 spiro atoms. The van der Waals surface area contributed by atoms with Gasteiger partial charge in [-0.25, -0.2) is 19.2 Å². The number of rotatable bonds is 26. The third-order valence-corrected chi connectivity index (χ3v) is 13.7. The van der Waals surface area contributed by atoms with Crippen LogP contribution in [0.25, 0.3) is 0 Å². The molecule has 0 aromatic rings. The molecule has 0 aromatic heterocycles. The molecule has 0 aromatic carbocycles. The molecule has 37 heteroatoms. The van der Waals surface area contributed by atoms with E-state index in [2.05, 4.69) is 21.3 Å². The van der Waals surface area contributed by atoms with Crippen LogP contribution in [0.2, 0.25) is 0 Å². The van der Waals surface area contributed by atoms with Crippen LogP contribution in [-0.4, -0.2) is 311 Å². The van der Waals surface area contributed by atoms with Crippen molar-refractivity contribution in [3.8, 4) is 0 Å². The standard InChI is InChI=1S/C44H70N4O33/c1-13(50)45-25-17(54)5-41(74,37(66)67)78-33(25)30(63)22(59)10-75-43(39(70)71)7-19(56)27(47-15(3)52)35(80-43)32(65)24(61)12-77-44(40(72)73)8-20(57)28(48-16(4)53)36(81-44)31(64)23(60)11-76-42(38(68)69)6-18(55)26(46-14(2)51)34(79-42)29(62)21(58)9-49/h17-36,49,54-65,74H,5-12H2,1-4H3,(H,45,50)(H,46,51)(H,47,52)(H,48,53)(H,66,67)(H,68,69)(H,70,71)(H,72,73)/t17-,18-,19-,20-,21+,22+,23+,24+,25+,26+,27+,28+,29+,30+,31+,32+,33+,34+,35+,36+,41?,42+,43+,44+/m0/s1. The Bertz CT molecular complexity index is 2250. The van der Waals surface area contributed by atoms with Gasteiger partial charge >= 0.3 is 23.9 Å². The molecule has 81 heavy (non-hydrogen) atoms. The molecular weight excluding hydrogens is 1110 g/mol. The van der Waals surface area contributed by atoms with Crippen molar-refractivity contribution in [2.75, 3.05) is 26.4 Å². The number of carboxylic acid groups (broad SMARTS) is 4. The monoisotopic (exact) mass is 1180 g/mol. The van der Waals surface area contributed by atoms with Gasteiger partial charge in [0.1, 0.15) is 73.2 Å². The lowest BCUT2D eigenvalue weighted by Crippen LogP contribution is -2.69. The molecule has 0 bridgehead atoms. The quantitative estimate of drug-likeness (QED) is 0.0382. The molecule has 24 atom stereocenters. The fraction of sp³-hybridized carbons (Fsp3) is 0.818. The average molecular weight is 1180 g/mol. The first-order valence-corrected chi connectivity index (χ1v) is 24.6. The lowest BCUT2D eigenvalue weighted by atomic mass is 9.87. The van der Waals surface area contributed by atoms with Gasteiger partial charge in [-0.05, 0) is 0 Å². The minimum Gasteiger partial charge on any atom is -0.477 e. The van der Waals surface area contributed by atoms with E-state index < -0.39 is 245 Å². The van der Waals surface area contributed by atoms with Gasteiger partial charge in [-0.1, -0.05) is 0 Å². The highest BCUT2D eigenvalue weighted by molar-refractivity contribution is 5.79. The van der Waals surface area contributed by atoms with Gasteiger partial charge in [-0.3, -0.25) is 19.2 Å². The second-order valence-corrected chi connectivity index (χ2v) is 19.9. The number of carboxylic acids is 4. The van der Waals surface area contributed by atoms with E-state index in [1.54, 1.807) is 0 Å². The normalized spacial score (nSPS) is 37.4. The molecule has 1 unspecified atom stereocenters. The molecule has 4 aliphatic rings. The van der Waals surface area contributed by atoms with Crippen LogP contribution < -0.4 is 21.3 Å². The van der Waals surface area contributed by atoms with E-state index >= 15 is 0 Å². The van der Waals surface area contributed by atoms with Crippen LogP contribution in [0.3, 0.4) is 0 Å². The first-order chi connectivity index (χ1) is 37.4. The zero-order valence-corrected chi connectivity index (χ0v) is 43.4. The topological polar surface area (TPSA) is 613 Å². The molecule has 4 saturated heterocycles. The number of carbonyl (C=O) groups is 8. The number of hydrogen-bond acceptors (Lipinski definition) is 29. The Balaban J connectivity index is 1.60. The van der Waals surface area contributed by atoms with Gasteiger partial charge in [0.25, 0.3) is 23.1 Å². The summed E-state index contributed by atoms with van der Waals surface area (Å²) in [4.78, 5) is 98.9. The summed E-state index contributed by atoms with van der Waals surface area (Å²) in [6.07, 6.45) is -41.3. The summed E-state index contributed by atoms with van der Waals surface area (Å²) in [5, 5.41) is 202. The van der Waals surface area contributed by atoms with Crippen LogP contribution in [0.1, 0.15) is 53.4 Å². The molecule has 464 valence electrons. The Labute approximate surface area is 456 Å². The molecule has 4 fully saturated rings. The van der Waals surface area contributed by atoms with Crippen molar-refractivity contribution in [3.05, 3.63) is 0 Å². The molecule has 4 heterocycles. The lowest BCUT2D eigenvalue weighted by molar-refractivity contribution is -0.332. The van der Waals surface area contributed by atoms with Crippen LogP contribution in [0, 0.1) is 0 Å². The first kappa shape index (κ1) is 68.4. The summed E-state index contributed by atoms with van der Waals surface area (Å²) in [5.41, 5.74) is 0. The highest BCUT2D eigenvalue weighted by Crippen LogP contribution is 2.39. The Hall–Kier alpha value is -5.08. The van der Waals surface area contributed by atoms with Gasteiger partial charge in [-0.2, -0.15) is 0 Å². The third kappa shape index (κ3) is 15.8. The third-order valence-electron chi connectivity index (χ3n) is 13.7. The number of ether oxygens (including phenoxy) is 7. The number of aliphatic hydroxyl groups is 14. The average Bonchev–Trinajstić information content (AvgIpc) is 3.40. The summed E-state index contributed by atoms with van der Waals surface area (Å²) in [5.74, 6) is -25.0. The molecule has 4 amide bonds.